The molecule has 0 aromatic carbocycles. The maximum atomic E-state index is 12.2. The Morgan fingerprint density at radius 3 is 2.68 bits per heavy atom. The van der Waals surface area contributed by atoms with Gasteiger partial charge >= 0.3 is 0 Å². The topological polar surface area (TPSA) is 34.1 Å². The molecular formula is C14H20F2N2O. The number of nitrogens with one attached hydrogen (secondary N) is 1. The molecule has 0 radical (unpaired) electrons. The molecule has 0 spiro atoms. The SMILES string of the molecule is CC(C)c1cc(CNC2CC2)cc(OCC(F)F)n1. The summed E-state index contributed by atoms with van der Waals surface area (Å²) in [7, 11) is 0. The van der Waals surface area contributed by atoms with Crippen LogP contribution in [0.1, 0.15) is 43.9 Å². The zero-order valence-corrected chi connectivity index (χ0v) is 11.3. The van der Waals surface area contributed by atoms with Crippen LogP contribution in [0.4, 0.5) is 8.78 Å². The van der Waals surface area contributed by atoms with E-state index in [0.717, 1.165) is 17.8 Å². The highest BCUT2D eigenvalue weighted by Gasteiger charge is 2.20. The highest BCUT2D eigenvalue weighted by atomic mass is 19.3. The molecule has 5 heteroatoms. The van der Waals surface area contributed by atoms with E-state index in [2.05, 4.69) is 10.3 Å². The Labute approximate surface area is 112 Å². The third-order valence-electron chi connectivity index (χ3n) is 3.00. The van der Waals surface area contributed by atoms with Gasteiger partial charge in [0.15, 0.2) is 6.61 Å². The van der Waals surface area contributed by atoms with Crippen molar-refractivity contribution in [3.05, 3.63) is 23.4 Å². The van der Waals surface area contributed by atoms with Crippen LogP contribution < -0.4 is 10.1 Å². The van der Waals surface area contributed by atoms with Gasteiger partial charge in [-0.05, 0) is 30.4 Å². The predicted molar refractivity (Wildman–Crippen MR) is 69.7 cm³/mol. The Kier molecular flexibility index (Phi) is 4.69. The van der Waals surface area contributed by atoms with Gasteiger partial charge in [-0.15, -0.1) is 0 Å². The second-order valence-corrected chi connectivity index (χ2v) is 5.25. The number of rotatable bonds is 7. The molecule has 1 aromatic rings. The zero-order valence-electron chi connectivity index (χ0n) is 11.3. The quantitative estimate of drug-likeness (QED) is 0.826. The van der Waals surface area contributed by atoms with E-state index >= 15 is 0 Å². The molecule has 0 amide bonds. The highest BCUT2D eigenvalue weighted by molar-refractivity contribution is 5.27. The lowest BCUT2D eigenvalue weighted by Crippen LogP contribution is -2.16. The zero-order chi connectivity index (χ0) is 13.8. The fourth-order valence-electron chi connectivity index (χ4n) is 1.75. The number of pyridine rings is 1. The maximum absolute atomic E-state index is 12.2. The van der Waals surface area contributed by atoms with Crippen molar-refractivity contribution >= 4 is 0 Å². The van der Waals surface area contributed by atoms with E-state index in [1.807, 2.05) is 19.9 Å². The second kappa shape index (κ2) is 6.28. The highest BCUT2D eigenvalue weighted by Crippen LogP contribution is 2.22. The summed E-state index contributed by atoms with van der Waals surface area (Å²) in [5.41, 5.74) is 1.91. The first-order valence-electron chi connectivity index (χ1n) is 6.70. The van der Waals surface area contributed by atoms with Crippen LogP contribution in [0.15, 0.2) is 12.1 Å². The number of alkyl halides is 2. The Morgan fingerprint density at radius 2 is 2.11 bits per heavy atom. The van der Waals surface area contributed by atoms with Gasteiger partial charge in [-0.3, -0.25) is 0 Å². The molecule has 0 aliphatic heterocycles. The van der Waals surface area contributed by atoms with Crippen LogP contribution in [0.2, 0.25) is 0 Å². The monoisotopic (exact) mass is 270 g/mol. The number of hydrogen-bond acceptors (Lipinski definition) is 3. The van der Waals surface area contributed by atoms with Crippen LogP contribution in [-0.4, -0.2) is 24.1 Å². The van der Waals surface area contributed by atoms with Gasteiger partial charge in [0.1, 0.15) is 0 Å². The van der Waals surface area contributed by atoms with E-state index < -0.39 is 13.0 Å². The largest absolute Gasteiger partial charge is 0.472 e. The molecule has 1 saturated carbocycles. The molecule has 2 rings (SSSR count). The molecule has 1 N–H and O–H groups in total. The van der Waals surface area contributed by atoms with Crippen LogP contribution in [0, 0.1) is 0 Å². The molecule has 1 fully saturated rings. The maximum Gasteiger partial charge on any atom is 0.272 e. The number of aromatic nitrogens is 1. The molecule has 0 saturated heterocycles. The fourth-order valence-corrected chi connectivity index (χ4v) is 1.75. The molecular weight excluding hydrogens is 250 g/mol. The number of nitrogens with zero attached hydrogens (tertiary/aromatic N) is 1. The first kappa shape index (κ1) is 14.2. The molecule has 0 unspecified atom stereocenters. The van der Waals surface area contributed by atoms with E-state index in [4.69, 9.17) is 4.74 Å². The van der Waals surface area contributed by atoms with Crippen molar-refractivity contribution < 1.29 is 13.5 Å². The predicted octanol–water partition coefficient (Wildman–Crippen LogP) is 3.10. The average molecular weight is 270 g/mol. The van der Waals surface area contributed by atoms with E-state index in [-0.39, 0.29) is 5.92 Å². The van der Waals surface area contributed by atoms with Crippen LogP contribution in [0.3, 0.4) is 0 Å². The molecule has 0 bridgehead atoms. The smallest absolute Gasteiger partial charge is 0.272 e. The minimum Gasteiger partial charge on any atom is -0.472 e. The van der Waals surface area contributed by atoms with Crippen molar-refractivity contribution in [1.29, 1.82) is 0 Å². The summed E-state index contributed by atoms with van der Waals surface area (Å²) >= 11 is 0. The van der Waals surface area contributed by atoms with E-state index in [0.29, 0.717) is 11.9 Å². The third kappa shape index (κ3) is 4.74. The Morgan fingerprint density at radius 1 is 1.37 bits per heavy atom. The Hall–Kier alpha value is -1.23. The van der Waals surface area contributed by atoms with Crippen molar-refractivity contribution in [1.82, 2.24) is 10.3 Å². The molecule has 106 valence electrons. The summed E-state index contributed by atoms with van der Waals surface area (Å²) in [6, 6.07) is 4.36. The summed E-state index contributed by atoms with van der Waals surface area (Å²) in [5, 5.41) is 3.40. The van der Waals surface area contributed by atoms with E-state index in [1.165, 1.54) is 12.8 Å². The van der Waals surface area contributed by atoms with Crippen LogP contribution in [0.5, 0.6) is 5.88 Å². The van der Waals surface area contributed by atoms with Gasteiger partial charge in [0.05, 0.1) is 0 Å². The van der Waals surface area contributed by atoms with Gasteiger partial charge in [0.25, 0.3) is 6.43 Å². The van der Waals surface area contributed by atoms with Crippen LogP contribution >= 0.6 is 0 Å². The normalized spacial score (nSPS) is 15.3. The van der Waals surface area contributed by atoms with Gasteiger partial charge in [0, 0.05) is 24.3 Å². The van der Waals surface area contributed by atoms with E-state index in [9.17, 15) is 8.78 Å². The Balaban J connectivity index is 2.06. The van der Waals surface area contributed by atoms with Gasteiger partial charge in [0.2, 0.25) is 5.88 Å². The lowest BCUT2D eigenvalue weighted by atomic mass is 10.1. The van der Waals surface area contributed by atoms with Crippen molar-refractivity contribution in [2.75, 3.05) is 6.61 Å². The summed E-state index contributed by atoms with van der Waals surface area (Å²) in [5.74, 6) is 0.536. The molecule has 0 atom stereocenters. The van der Waals surface area contributed by atoms with Gasteiger partial charge < -0.3 is 10.1 Å². The lowest BCUT2D eigenvalue weighted by molar-refractivity contribution is 0.0794. The van der Waals surface area contributed by atoms with Crippen LogP contribution in [0.25, 0.3) is 0 Å². The number of ether oxygens (including phenoxy) is 1. The fraction of sp³-hybridized carbons (Fsp3) is 0.643. The van der Waals surface area contributed by atoms with Crippen molar-refractivity contribution in [2.45, 2.75) is 51.6 Å². The van der Waals surface area contributed by atoms with E-state index in [1.54, 1.807) is 6.07 Å². The molecule has 19 heavy (non-hydrogen) atoms. The van der Waals surface area contributed by atoms with Crippen molar-refractivity contribution in [3.8, 4) is 5.88 Å². The lowest BCUT2D eigenvalue weighted by Gasteiger charge is -2.12. The third-order valence-corrected chi connectivity index (χ3v) is 3.00. The molecule has 3 nitrogen and oxygen atoms in total. The van der Waals surface area contributed by atoms with Crippen molar-refractivity contribution in [3.63, 3.8) is 0 Å². The summed E-state index contributed by atoms with van der Waals surface area (Å²) in [6.45, 7) is 4.18. The molecule has 1 aromatic heterocycles. The van der Waals surface area contributed by atoms with Gasteiger partial charge in [-0.1, -0.05) is 13.8 Å². The molecule has 1 aliphatic carbocycles. The summed E-state index contributed by atoms with van der Waals surface area (Å²) in [6.07, 6.45) is -0.0363. The van der Waals surface area contributed by atoms with Gasteiger partial charge in [-0.2, -0.15) is 0 Å². The minimum absolute atomic E-state index is 0.245. The number of halogens is 2. The van der Waals surface area contributed by atoms with Crippen molar-refractivity contribution in [2.24, 2.45) is 0 Å². The minimum atomic E-state index is -2.47. The first-order valence-corrected chi connectivity index (χ1v) is 6.70. The summed E-state index contributed by atoms with van der Waals surface area (Å²) in [4.78, 5) is 4.26. The van der Waals surface area contributed by atoms with Gasteiger partial charge in [-0.25, -0.2) is 13.8 Å². The number of hydrogen-bond donors (Lipinski definition) is 1. The molecule has 1 aliphatic rings. The molecule has 1 heterocycles. The summed E-state index contributed by atoms with van der Waals surface area (Å²) < 4.78 is 29.4. The average Bonchev–Trinajstić information content (AvgIpc) is 3.17. The van der Waals surface area contributed by atoms with Crippen LogP contribution in [-0.2, 0) is 6.54 Å². The standard InChI is InChI=1S/C14H20F2N2O/c1-9(2)12-5-10(7-17-11-3-4-11)6-14(18-12)19-8-13(15)16/h5-6,9,11,13,17H,3-4,7-8H2,1-2H3. The Bertz CT molecular complexity index is 396. The first-order chi connectivity index (χ1) is 9.04. The second-order valence-electron chi connectivity index (χ2n) is 5.25.